The van der Waals surface area contributed by atoms with E-state index >= 15 is 0 Å². The zero-order valence-corrected chi connectivity index (χ0v) is 16.1. The van der Waals surface area contributed by atoms with Crippen LogP contribution in [0.25, 0.3) is 0 Å². The van der Waals surface area contributed by atoms with Crippen LogP contribution in [0.3, 0.4) is 0 Å². The van der Waals surface area contributed by atoms with Crippen molar-refractivity contribution in [3.05, 3.63) is 35.9 Å². The minimum Gasteiger partial charge on any atom is -0.384 e. The third kappa shape index (κ3) is 5.48. The van der Waals surface area contributed by atoms with Gasteiger partial charge in [0.15, 0.2) is 0 Å². The van der Waals surface area contributed by atoms with E-state index in [4.69, 9.17) is 0 Å². The fourth-order valence-corrected chi connectivity index (χ4v) is 4.27. The molecule has 0 amide bonds. The molecule has 1 aromatic rings. The summed E-state index contributed by atoms with van der Waals surface area (Å²) in [6.45, 7) is 3.22. The molecular weight excluding hydrogens is 330 g/mol. The first-order valence-corrected chi connectivity index (χ1v) is 9.75. The van der Waals surface area contributed by atoms with Crippen molar-refractivity contribution in [2.24, 2.45) is 5.92 Å². The Morgan fingerprint density at radius 2 is 1.56 bits per heavy atom. The average Bonchev–Trinajstić information content (AvgIpc) is 2.67. The van der Waals surface area contributed by atoms with E-state index < -0.39 is 5.60 Å². The third-order valence-corrected chi connectivity index (χ3v) is 5.79. The van der Waals surface area contributed by atoms with Gasteiger partial charge in [0.25, 0.3) is 0 Å². The summed E-state index contributed by atoms with van der Waals surface area (Å²) >= 11 is 0. The highest BCUT2D eigenvalue weighted by Gasteiger charge is 2.38. The summed E-state index contributed by atoms with van der Waals surface area (Å²) in [7, 11) is 0. The molecule has 1 aliphatic carbocycles. The number of hydrogen-bond donors (Lipinski definition) is 1. The molecule has 1 atom stereocenters. The van der Waals surface area contributed by atoms with Gasteiger partial charge < -0.3 is 5.11 Å². The lowest BCUT2D eigenvalue weighted by molar-refractivity contribution is -0.0344. The molecule has 0 bridgehead atoms. The lowest BCUT2D eigenvalue weighted by Gasteiger charge is -2.38. The number of nitrogens with zero attached hydrogens (tertiary/aromatic N) is 1. The normalized spacial score (nSPS) is 21.5. The Morgan fingerprint density at radius 1 is 0.920 bits per heavy atom. The van der Waals surface area contributed by atoms with Gasteiger partial charge in [-0.1, -0.05) is 67.9 Å². The van der Waals surface area contributed by atoms with Gasteiger partial charge in [0, 0.05) is 6.42 Å². The Bertz CT molecular complexity index is 552. The van der Waals surface area contributed by atoms with Gasteiger partial charge in [-0.15, -0.1) is 12.4 Å². The maximum absolute atomic E-state index is 11.5. The van der Waals surface area contributed by atoms with Crippen LogP contribution in [0.2, 0.25) is 0 Å². The number of likely N-dealkylation sites (tertiary alicyclic amines) is 1. The summed E-state index contributed by atoms with van der Waals surface area (Å²) in [5.74, 6) is 7.01. The Labute approximate surface area is 159 Å². The predicted molar refractivity (Wildman–Crippen MR) is 107 cm³/mol. The van der Waals surface area contributed by atoms with Crippen molar-refractivity contribution in [1.82, 2.24) is 4.90 Å². The molecule has 1 N–H and O–H groups in total. The molecule has 138 valence electrons. The molecule has 1 unspecified atom stereocenters. The smallest absolute Gasteiger partial charge is 0.103 e. The first kappa shape index (κ1) is 20.3. The Hall–Kier alpha value is -1.01. The molecule has 1 heterocycles. The lowest BCUT2D eigenvalue weighted by Crippen LogP contribution is -2.36. The molecule has 0 radical (unpaired) electrons. The van der Waals surface area contributed by atoms with Crippen LogP contribution in [0.4, 0.5) is 0 Å². The molecular formula is C22H32ClNO. The zero-order chi connectivity index (χ0) is 16.7. The zero-order valence-electron chi connectivity index (χ0n) is 15.3. The molecule has 1 saturated heterocycles. The second-order valence-electron chi connectivity index (χ2n) is 7.49. The molecule has 3 rings (SSSR count). The summed E-state index contributed by atoms with van der Waals surface area (Å²) in [6, 6.07) is 10.2. The minimum atomic E-state index is -0.781. The summed E-state index contributed by atoms with van der Waals surface area (Å²) in [5, 5.41) is 11.5. The standard InChI is InChI=1S/C22H31NO.ClH/c24-22(20-12-4-1-5-13-20,21-14-6-2-7-15-21)16-8-11-19-23-17-9-3-10-18-23;/h1,4-5,12-13,21,24H,2-3,6-7,9-10,14-19H2;1H. The molecule has 2 aliphatic rings. The van der Waals surface area contributed by atoms with Crippen LogP contribution in [0, 0.1) is 17.8 Å². The van der Waals surface area contributed by atoms with Crippen molar-refractivity contribution in [3.8, 4) is 11.8 Å². The van der Waals surface area contributed by atoms with E-state index in [-0.39, 0.29) is 12.4 Å². The largest absolute Gasteiger partial charge is 0.384 e. The molecule has 25 heavy (non-hydrogen) atoms. The highest BCUT2D eigenvalue weighted by molar-refractivity contribution is 5.85. The Kier molecular flexibility index (Phi) is 8.30. The number of benzene rings is 1. The van der Waals surface area contributed by atoms with Gasteiger partial charge >= 0.3 is 0 Å². The first-order valence-electron chi connectivity index (χ1n) is 9.75. The average molecular weight is 362 g/mol. The lowest BCUT2D eigenvalue weighted by atomic mass is 9.72. The summed E-state index contributed by atoms with van der Waals surface area (Å²) in [6.07, 6.45) is 10.6. The van der Waals surface area contributed by atoms with E-state index in [1.807, 2.05) is 18.2 Å². The predicted octanol–water partition coefficient (Wildman–Crippen LogP) is 4.76. The van der Waals surface area contributed by atoms with Crippen molar-refractivity contribution < 1.29 is 5.11 Å². The van der Waals surface area contributed by atoms with Gasteiger partial charge in [-0.3, -0.25) is 4.90 Å². The van der Waals surface area contributed by atoms with E-state index in [9.17, 15) is 5.11 Å². The topological polar surface area (TPSA) is 23.5 Å². The summed E-state index contributed by atoms with van der Waals surface area (Å²) < 4.78 is 0. The highest BCUT2D eigenvalue weighted by atomic mass is 35.5. The van der Waals surface area contributed by atoms with Crippen LogP contribution in [-0.4, -0.2) is 29.6 Å². The van der Waals surface area contributed by atoms with Crippen molar-refractivity contribution >= 4 is 12.4 Å². The maximum atomic E-state index is 11.5. The van der Waals surface area contributed by atoms with Crippen molar-refractivity contribution in [3.63, 3.8) is 0 Å². The number of hydrogen-bond acceptors (Lipinski definition) is 2. The molecule has 1 aromatic carbocycles. The monoisotopic (exact) mass is 361 g/mol. The Morgan fingerprint density at radius 3 is 2.24 bits per heavy atom. The second kappa shape index (κ2) is 10.2. The Balaban J connectivity index is 0.00000225. The summed E-state index contributed by atoms with van der Waals surface area (Å²) in [5.41, 5.74) is 0.264. The SMILES string of the molecule is Cl.OC(CC#CCN1CCCCC1)(c1ccccc1)C1CCCCC1. The fraction of sp³-hybridized carbons (Fsp3) is 0.636. The first-order chi connectivity index (χ1) is 11.8. The van der Waals surface area contributed by atoms with Crippen molar-refractivity contribution in [2.75, 3.05) is 19.6 Å². The molecule has 3 heteroatoms. The second-order valence-corrected chi connectivity index (χ2v) is 7.49. The molecule has 1 aliphatic heterocycles. The van der Waals surface area contributed by atoms with Crippen molar-refractivity contribution in [2.45, 2.75) is 63.4 Å². The highest BCUT2D eigenvalue weighted by Crippen LogP contribution is 2.41. The minimum absolute atomic E-state index is 0. The van der Waals surface area contributed by atoms with Crippen LogP contribution in [0.5, 0.6) is 0 Å². The van der Waals surface area contributed by atoms with E-state index in [2.05, 4.69) is 28.9 Å². The number of aliphatic hydroxyl groups is 1. The van der Waals surface area contributed by atoms with Gasteiger partial charge in [-0.05, 0) is 50.3 Å². The van der Waals surface area contributed by atoms with Crippen LogP contribution in [-0.2, 0) is 5.60 Å². The fourth-order valence-electron chi connectivity index (χ4n) is 4.27. The van der Waals surface area contributed by atoms with Crippen LogP contribution < -0.4 is 0 Å². The van der Waals surface area contributed by atoms with E-state index in [0.29, 0.717) is 12.3 Å². The molecule has 0 aromatic heterocycles. The molecule has 2 fully saturated rings. The number of rotatable bonds is 4. The maximum Gasteiger partial charge on any atom is 0.103 e. The third-order valence-electron chi connectivity index (χ3n) is 5.79. The summed E-state index contributed by atoms with van der Waals surface area (Å²) in [4.78, 5) is 2.44. The van der Waals surface area contributed by atoms with Gasteiger partial charge in [0.1, 0.15) is 5.60 Å². The molecule has 2 nitrogen and oxygen atoms in total. The van der Waals surface area contributed by atoms with Crippen LogP contribution in [0.1, 0.15) is 63.4 Å². The molecule has 0 spiro atoms. The molecule has 1 saturated carbocycles. The van der Waals surface area contributed by atoms with E-state index in [1.54, 1.807) is 0 Å². The van der Waals surface area contributed by atoms with Crippen LogP contribution in [0.15, 0.2) is 30.3 Å². The number of halogens is 1. The van der Waals surface area contributed by atoms with Gasteiger partial charge in [-0.25, -0.2) is 0 Å². The van der Waals surface area contributed by atoms with Gasteiger partial charge in [0.2, 0.25) is 0 Å². The van der Waals surface area contributed by atoms with Gasteiger partial charge in [-0.2, -0.15) is 0 Å². The van der Waals surface area contributed by atoms with E-state index in [0.717, 1.165) is 24.9 Å². The quantitative estimate of drug-likeness (QED) is 0.782. The van der Waals surface area contributed by atoms with E-state index in [1.165, 1.54) is 51.6 Å². The van der Waals surface area contributed by atoms with Gasteiger partial charge in [0.05, 0.1) is 6.54 Å². The van der Waals surface area contributed by atoms with Crippen LogP contribution >= 0.6 is 12.4 Å². The number of piperidine rings is 1. The van der Waals surface area contributed by atoms with Crippen molar-refractivity contribution in [1.29, 1.82) is 0 Å².